The Hall–Kier alpha value is -1.55. The van der Waals surface area contributed by atoms with Crippen LogP contribution in [0.3, 0.4) is 0 Å². The van der Waals surface area contributed by atoms with Crippen LogP contribution in [0.2, 0.25) is 0 Å². The van der Waals surface area contributed by atoms with Crippen LogP contribution in [-0.4, -0.2) is 35.4 Å². The van der Waals surface area contributed by atoms with Gasteiger partial charge < -0.3 is 20.5 Å². The fourth-order valence-electron chi connectivity index (χ4n) is 2.44. The molecule has 0 spiro atoms. The molecule has 0 saturated heterocycles. The number of rotatable bonds is 5. The second-order valence-electron chi connectivity index (χ2n) is 5.58. The topological polar surface area (TPSA) is 75.6 Å². The molecule has 8 heteroatoms. The molecule has 2 rings (SSSR count). The summed E-state index contributed by atoms with van der Waals surface area (Å²) in [4.78, 5) is 17.6. The molecule has 1 aromatic carbocycles. The Balaban J connectivity index is 0.00000312. The van der Waals surface area contributed by atoms with Crippen molar-refractivity contribution in [2.24, 2.45) is 17.8 Å². The van der Waals surface area contributed by atoms with E-state index < -0.39 is 5.91 Å². The Morgan fingerprint density at radius 1 is 1.40 bits per heavy atom. The van der Waals surface area contributed by atoms with E-state index in [1.807, 2.05) is 37.3 Å². The molecule has 6 nitrogen and oxygen atoms in total. The molecule has 2 aromatic rings. The average molecular weight is 520 g/mol. The molecule has 25 heavy (non-hydrogen) atoms. The molecule has 0 fully saturated rings. The third-order valence-corrected chi connectivity index (χ3v) is 4.14. The SMILES string of the molecule is CN=C(NCc1cccc(C(N)=O)c1)N(C)Cc1cc(Br)cn1C.I. The van der Waals surface area contributed by atoms with Gasteiger partial charge in [0.2, 0.25) is 5.91 Å². The minimum absolute atomic E-state index is 0. The molecule has 0 unspecified atom stereocenters. The van der Waals surface area contributed by atoms with E-state index in [0.717, 1.165) is 22.5 Å². The fourth-order valence-corrected chi connectivity index (χ4v) is 3.01. The first-order valence-corrected chi connectivity index (χ1v) is 8.31. The second-order valence-corrected chi connectivity index (χ2v) is 6.50. The van der Waals surface area contributed by atoms with E-state index >= 15 is 0 Å². The lowest BCUT2D eigenvalue weighted by Gasteiger charge is -2.22. The van der Waals surface area contributed by atoms with Gasteiger partial charge in [-0.2, -0.15) is 0 Å². The number of aliphatic imine (C=N–C) groups is 1. The van der Waals surface area contributed by atoms with Crippen molar-refractivity contribution in [3.05, 3.63) is 57.8 Å². The summed E-state index contributed by atoms with van der Waals surface area (Å²) in [6.07, 6.45) is 2.02. The molecule has 0 aliphatic rings. The summed E-state index contributed by atoms with van der Waals surface area (Å²) in [5.41, 5.74) is 7.97. The number of amides is 1. The van der Waals surface area contributed by atoms with Gasteiger partial charge in [-0.25, -0.2) is 0 Å². The van der Waals surface area contributed by atoms with Crippen molar-refractivity contribution in [2.45, 2.75) is 13.1 Å². The summed E-state index contributed by atoms with van der Waals surface area (Å²) in [5, 5.41) is 3.30. The summed E-state index contributed by atoms with van der Waals surface area (Å²) in [6, 6.07) is 9.35. The average Bonchev–Trinajstić information content (AvgIpc) is 2.85. The molecule has 0 radical (unpaired) electrons. The van der Waals surface area contributed by atoms with Gasteiger partial charge in [0.25, 0.3) is 0 Å². The van der Waals surface area contributed by atoms with Gasteiger partial charge in [-0.05, 0) is 39.7 Å². The molecular formula is C17H23BrIN5O. The van der Waals surface area contributed by atoms with E-state index in [1.165, 1.54) is 5.69 Å². The zero-order valence-corrected chi connectivity index (χ0v) is 18.4. The highest BCUT2D eigenvalue weighted by molar-refractivity contribution is 14.0. The molecule has 3 N–H and O–H groups in total. The summed E-state index contributed by atoms with van der Waals surface area (Å²) in [6.45, 7) is 1.29. The van der Waals surface area contributed by atoms with Crippen molar-refractivity contribution in [2.75, 3.05) is 14.1 Å². The van der Waals surface area contributed by atoms with Crippen LogP contribution in [-0.2, 0) is 20.1 Å². The van der Waals surface area contributed by atoms with E-state index in [4.69, 9.17) is 5.73 Å². The molecular weight excluding hydrogens is 497 g/mol. The molecule has 1 amide bonds. The normalized spacial score (nSPS) is 11.0. The Kier molecular flexibility index (Phi) is 8.43. The quantitative estimate of drug-likeness (QED) is 0.362. The maximum atomic E-state index is 11.3. The molecule has 0 aliphatic carbocycles. The van der Waals surface area contributed by atoms with E-state index in [9.17, 15) is 4.79 Å². The first-order valence-electron chi connectivity index (χ1n) is 7.52. The number of hydrogen-bond acceptors (Lipinski definition) is 2. The van der Waals surface area contributed by atoms with E-state index in [2.05, 4.69) is 36.9 Å². The molecule has 0 bridgehead atoms. The minimum atomic E-state index is -0.423. The smallest absolute Gasteiger partial charge is 0.248 e. The summed E-state index contributed by atoms with van der Waals surface area (Å²) in [7, 11) is 5.75. The lowest BCUT2D eigenvalue weighted by molar-refractivity contribution is 0.1000. The van der Waals surface area contributed by atoms with E-state index in [-0.39, 0.29) is 24.0 Å². The minimum Gasteiger partial charge on any atom is -0.366 e. The third kappa shape index (κ3) is 6.03. The zero-order chi connectivity index (χ0) is 17.7. The highest BCUT2D eigenvalue weighted by Crippen LogP contribution is 2.15. The Morgan fingerprint density at radius 2 is 2.12 bits per heavy atom. The number of hydrogen-bond donors (Lipinski definition) is 2. The number of aromatic nitrogens is 1. The van der Waals surface area contributed by atoms with Crippen LogP contribution in [0, 0.1) is 0 Å². The maximum absolute atomic E-state index is 11.3. The molecule has 136 valence electrons. The number of carbonyl (C=O) groups excluding carboxylic acids is 1. The second kappa shape index (κ2) is 9.81. The monoisotopic (exact) mass is 519 g/mol. The number of guanidine groups is 1. The number of benzene rings is 1. The van der Waals surface area contributed by atoms with Crippen molar-refractivity contribution < 1.29 is 4.79 Å². The fraction of sp³-hybridized carbons (Fsp3) is 0.294. The number of aryl methyl sites for hydroxylation is 1. The van der Waals surface area contributed by atoms with Gasteiger partial charge in [0, 0.05) is 49.6 Å². The van der Waals surface area contributed by atoms with E-state index in [0.29, 0.717) is 12.1 Å². The van der Waals surface area contributed by atoms with Crippen LogP contribution < -0.4 is 11.1 Å². The molecule has 0 saturated carbocycles. The van der Waals surface area contributed by atoms with Crippen molar-refractivity contribution in [1.29, 1.82) is 0 Å². The van der Waals surface area contributed by atoms with Crippen molar-refractivity contribution in [1.82, 2.24) is 14.8 Å². The first kappa shape index (κ1) is 21.5. The van der Waals surface area contributed by atoms with Crippen LogP contribution in [0.1, 0.15) is 21.6 Å². The standard InChI is InChI=1S/C17H22BrN5O.HI/c1-20-17(23(3)11-15-8-14(18)10-22(15)2)21-9-12-5-4-6-13(7-12)16(19)24;/h4-8,10H,9,11H2,1-3H3,(H2,19,24)(H,20,21);1H. The van der Waals surface area contributed by atoms with Crippen LogP contribution in [0.25, 0.3) is 0 Å². The van der Waals surface area contributed by atoms with Gasteiger partial charge in [0.1, 0.15) is 0 Å². The number of primary amides is 1. The summed E-state index contributed by atoms with van der Waals surface area (Å²) in [5.74, 6) is 0.351. The number of halogens is 2. The lowest BCUT2D eigenvalue weighted by atomic mass is 10.1. The zero-order valence-electron chi connectivity index (χ0n) is 14.5. The maximum Gasteiger partial charge on any atom is 0.248 e. The third-order valence-electron chi connectivity index (χ3n) is 3.71. The first-order chi connectivity index (χ1) is 11.4. The largest absolute Gasteiger partial charge is 0.366 e. The van der Waals surface area contributed by atoms with Gasteiger partial charge in [-0.3, -0.25) is 9.79 Å². The highest BCUT2D eigenvalue weighted by Gasteiger charge is 2.10. The van der Waals surface area contributed by atoms with Crippen LogP contribution >= 0.6 is 39.9 Å². The lowest BCUT2D eigenvalue weighted by Crippen LogP contribution is -2.38. The van der Waals surface area contributed by atoms with E-state index in [1.54, 1.807) is 19.2 Å². The Morgan fingerprint density at radius 3 is 2.68 bits per heavy atom. The van der Waals surface area contributed by atoms with Gasteiger partial charge in [-0.1, -0.05) is 12.1 Å². The van der Waals surface area contributed by atoms with Crippen molar-refractivity contribution >= 4 is 51.8 Å². The summed E-state index contributed by atoms with van der Waals surface area (Å²) < 4.78 is 3.13. The van der Waals surface area contributed by atoms with Crippen LogP contribution in [0.4, 0.5) is 0 Å². The van der Waals surface area contributed by atoms with Crippen LogP contribution in [0.5, 0.6) is 0 Å². The molecule has 0 atom stereocenters. The number of nitrogens with one attached hydrogen (secondary N) is 1. The van der Waals surface area contributed by atoms with Gasteiger partial charge in [-0.15, -0.1) is 24.0 Å². The predicted molar refractivity (Wildman–Crippen MR) is 115 cm³/mol. The van der Waals surface area contributed by atoms with Gasteiger partial charge >= 0.3 is 0 Å². The van der Waals surface area contributed by atoms with Crippen LogP contribution in [0.15, 0.2) is 46.0 Å². The number of carbonyl (C=O) groups is 1. The Labute approximate surface area is 173 Å². The highest BCUT2D eigenvalue weighted by atomic mass is 127. The molecule has 0 aliphatic heterocycles. The number of nitrogens with two attached hydrogens (primary N) is 1. The predicted octanol–water partition coefficient (Wildman–Crippen LogP) is 2.71. The molecule has 1 heterocycles. The van der Waals surface area contributed by atoms with Crippen molar-refractivity contribution in [3.63, 3.8) is 0 Å². The summed E-state index contributed by atoms with van der Waals surface area (Å²) >= 11 is 3.48. The van der Waals surface area contributed by atoms with Crippen molar-refractivity contribution in [3.8, 4) is 0 Å². The van der Waals surface area contributed by atoms with Gasteiger partial charge in [0.05, 0.1) is 6.54 Å². The Bertz CT molecular complexity index is 759. The molecule has 1 aromatic heterocycles. The number of nitrogens with zero attached hydrogens (tertiary/aromatic N) is 3. The van der Waals surface area contributed by atoms with Gasteiger partial charge in [0.15, 0.2) is 5.96 Å².